The molecule has 2 aromatic heterocycles. The molecule has 6 aromatic rings. The Morgan fingerprint density at radius 1 is 0.469 bits per heavy atom. The maximum absolute atomic E-state index is 2.32. The molecule has 0 aliphatic rings. The number of aryl methyl sites for hydroxylation is 6. The van der Waals surface area contributed by atoms with Gasteiger partial charge in [0.15, 0.2) is 0 Å². The third-order valence-electron chi connectivity index (χ3n) is 6.50. The van der Waals surface area contributed by atoms with Gasteiger partial charge in [0.25, 0.3) is 0 Å². The van der Waals surface area contributed by atoms with Gasteiger partial charge in [-0.2, -0.15) is 0 Å². The van der Waals surface area contributed by atoms with Crippen LogP contribution in [0.5, 0.6) is 0 Å². The zero-order chi connectivity index (χ0) is 22.6. The molecule has 2 heteroatoms. The molecule has 0 fully saturated rings. The second-order valence-corrected chi connectivity index (χ2v) is 11.1. The zero-order valence-electron chi connectivity index (χ0n) is 19.6. The van der Waals surface area contributed by atoms with Crippen LogP contribution in [-0.2, 0) is 0 Å². The van der Waals surface area contributed by atoms with Gasteiger partial charge in [-0.25, -0.2) is 0 Å². The lowest BCUT2D eigenvalue weighted by Crippen LogP contribution is -1.79. The Morgan fingerprint density at radius 2 is 1.16 bits per heavy atom. The van der Waals surface area contributed by atoms with E-state index in [0.717, 1.165) is 0 Å². The topological polar surface area (TPSA) is 0 Å². The SMILES string of the molecule is Cc1ccc(C)c2c1sc1cccc(C)c12.Cc1ccc2sc3cc(C)c(C)cc3c2c1. The molecular formula is C30H28S2. The number of fused-ring (bicyclic) bond motifs is 6. The summed E-state index contributed by atoms with van der Waals surface area (Å²) in [5.41, 5.74) is 8.27. The zero-order valence-corrected chi connectivity index (χ0v) is 21.2. The summed E-state index contributed by atoms with van der Waals surface area (Å²) in [6.45, 7) is 13.1. The quantitative estimate of drug-likeness (QED) is 0.215. The average Bonchev–Trinajstić information content (AvgIpc) is 3.32. The van der Waals surface area contributed by atoms with Crippen molar-refractivity contribution in [3.63, 3.8) is 0 Å². The van der Waals surface area contributed by atoms with Gasteiger partial charge in [0, 0.05) is 40.3 Å². The normalized spacial score (nSPS) is 11.4. The minimum atomic E-state index is 1.34. The fraction of sp³-hybridized carbons (Fsp3) is 0.200. The van der Waals surface area contributed by atoms with Gasteiger partial charge in [0.05, 0.1) is 0 Å². The van der Waals surface area contributed by atoms with Crippen LogP contribution in [0.15, 0.2) is 60.7 Å². The second-order valence-electron chi connectivity index (χ2n) is 8.99. The first-order valence-electron chi connectivity index (χ1n) is 11.1. The fourth-order valence-electron chi connectivity index (χ4n) is 4.53. The van der Waals surface area contributed by atoms with Crippen LogP contribution in [0, 0.1) is 41.5 Å². The first-order valence-corrected chi connectivity index (χ1v) is 12.7. The summed E-state index contributed by atoms with van der Waals surface area (Å²) < 4.78 is 5.66. The van der Waals surface area contributed by atoms with Crippen LogP contribution in [0.1, 0.15) is 33.4 Å². The van der Waals surface area contributed by atoms with Gasteiger partial charge in [0.2, 0.25) is 0 Å². The third-order valence-corrected chi connectivity index (χ3v) is 8.92. The van der Waals surface area contributed by atoms with Gasteiger partial charge in [0.1, 0.15) is 0 Å². The molecule has 0 bridgehead atoms. The van der Waals surface area contributed by atoms with Gasteiger partial charge < -0.3 is 0 Å². The number of hydrogen-bond donors (Lipinski definition) is 0. The summed E-state index contributed by atoms with van der Waals surface area (Å²) in [5.74, 6) is 0. The van der Waals surface area contributed by atoms with Crippen LogP contribution in [0.2, 0.25) is 0 Å². The van der Waals surface area contributed by atoms with Crippen molar-refractivity contribution in [2.75, 3.05) is 0 Å². The molecule has 2 heterocycles. The third kappa shape index (κ3) is 3.52. The Labute approximate surface area is 198 Å². The molecule has 160 valence electrons. The Morgan fingerprint density at radius 3 is 1.97 bits per heavy atom. The average molecular weight is 453 g/mol. The molecule has 0 amide bonds. The lowest BCUT2D eigenvalue weighted by molar-refractivity contribution is 1.37. The van der Waals surface area contributed by atoms with Crippen LogP contribution in [0.25, 0.3) is 40.3 Å². The van der Waals surface area contributed by atoms with Crippen molar-refractivity contribution in [2.24, 2.45) is 0 Å². The van der Waals surface area contributed by atoms with Crippen LogP contribution in [-0.4, -0.2) is 0 Å². The minimum Gasteiger partial charge on any atom is -0.135 e. The molecule has 0 N–H and O–H groups in total. The van der Waals surface area contributed by atoms with E-state index in [1.54, 1.807) is 0 Å². The van der Waals surface area contributed by atoms with Crippen LogP contribution < -0.4 is 0 Å². The van der Waals surface area contributed by atoms with Crippen LogP contribution >= 0.6 is 22.7 Å². The molecular weight excluding hydrogens is 424 g/mol. The maximum atomic E-state index is 2.32. The van der Waals surface area contributed by atoms with Crippen molar-refractivity contribution in [1.29, 1.82) is 0 Å². The standard InChI is InChI=1S/2C15H14S/c1-9-4-5-14-12(6-9)13-7-10(2)11(3)8-15(13)16-14;1-9-5-4-6-12-13(9)14-10(2)7-8-11(3)15(14)16-12/h2*4-8H,1-3H3. The first-order chi connectivity index (χ1) is 15.3. The summed E-state index contributed by atoms with van der Waals surface area (Å²) in [5, 5.41) is 5.72. The van der Waals surface area contributed by atoms with Crippen molar-refractivity contribution < 1.29 is 0 Å². The smallest absolute Gasteiger partial charge is 0.0387 e. The van der Waals surface area contributed by atoms with E-state index in [9.17, 15) is 0 Å². The predicted octanol–water partition coefficient (Wildman–Crippen LogP) is 9.96. The molecule has 0 saturated heterocycles. The van der Waals surface area contributed by atoms with Crippen molar-refractivity contribution in [2.45, 2.75) is 41.5 Å². The van der Waals surface area contributed by atoms with Gasteiger partial charge in [-0.05, 0) is 99.7 Å². The Hall–Kier alpha value is -2.68. The molecule has 6 rings (SSSR count). The van der Waals surface area contributed by atoms with Crippen molar-refractivity contribution in [3.8, 4) is 0 Å². The minimum absolute atomic E-state index is 1.34. The summed E-state index contributed by atoms with van der Waals surface area (Å²) in [7, 11) is 0. The second kappa shape index (κ2) is 8.03. The lowest BCUT2D eigenvalue weighted by Gasteiger charge is -2.01. The summed E-state index contributed by atoms with van der Waals surface area (Å²) in [6.07, 6.45) is 0. The number of benzene rings is 4. The van der Waals surface area contributed by atoms with Crippen molar-refractivity contribution in [3.05, 3.63) is 94.0 Å². The predicted molar refractivity (Wildman–Crippen MR) is 147 cm³/mol. The number of hydrogen-bond acceptors (Lipinski definition) is 2. The fourth-order valence-corrected chi connectivity index (χ4v) is 7.02. The molecule has 0 spiro atoms. The lowest BCUT2D eigenvalue weighted by atomic mass is 10.0. The molecule has 32 heavy (non-hydrogen) atoms. The molecule has 0 radical (unpaired) electrons. The van der Waals surface area contributed by atoms with Gasteiger partial charge in [-0.3, -0.25) is 0 Å². The first kappa shape index (κ1) is 21.2. The van der Waals surface area contributed by atoms with Gasteiger partial charge >= 0.3 is 0 Å². The Kier molecular flexibility index (Phi) is 5.31. The summed E-state index contributed by atoms with van der Waals surface area (Å²) in [6, 6.07) is 22.4. The number of thiophene rings is 2. The highest BCUT2D eigenvalue weighted by Crippen LogP contribution is 2.39. The van der Waals surface area contributed by atoms with Crippen molar-refractivity contribution >= 4 is 63.0 Å². The molecule has 0 nitrogen and oxygen atoms in total. The van der Waals surface area contributed by atoms with E-state index in [0.29, 0.717) is 0 Å². The monoisotopic (exact) mass is 452 g/mol. The van der Waals surface area contributed by atoms with Crippen molar-refractivity contribution in [1.82, 2.24) is 0 Å². The molecule has 0 saturated carbocycles. The van der Waals surface area contributed by atoms with E-state index >= 15 is 0 Å². The van der Waals surface area contributed by atoms with Gasteiger partial charge in [-0.1, -0.05) is 35.9 Å². The molecule has 0 aliphatic heterocycles. The molecule has 4 aromatic carbocycles. The maximum Gasteiger partial charge on any atom is 0.0387 e. The van der Waals surface area contributed by atoms with E-state index in [-0.39, 0.29) is 0 Å². The highest BCUT2D eigenvalue weighted by molar-refractivity contribution is 7.26. The molecule has 0 atom stereocenters. The molecule has 0 aliphatic carbocycles. The van der Waals surface area contributed by atoms with E-state index in [4.69, 9.17) is 0 Å². The summed E-state index contributed by atoms with van der Waals surface area (Å²) in [4.78, 5) is 0. The van der Waals surface area contributed by atoms with E-state index in [1.165, 1.54) is 73.7 Å². The van der Waals surface area contributed by atoms with Crippen LogP contribution in [0.3, 0.4) is 0 Å². The Bertz CT molecular complexity index is 1630. The van der Waals surface area contributed by atoms with E-state index in [2.05, 4.69) is 102 Å². The number of rotatable bonds is 0. The summed E-state index contributed by atoms with van der Waals surface area (Å²) >= 11 is 3.81. The Balaban J connectivity index is 0.000000135. The highest BCUT2D eigenvalue weighted by atomic mass is 32.1. The largest absolute Gasteiger partial charge is 0.135 e. The highest BCUT2D eigenvalue weighted by Gasteiger charge is 2.10. The van der Waals surface area contributed by atoms with E-state index < -0.39 is 0 Å². The van der Waals surface area contributed by atoms with E-state index in [1.807, 2.05) is 22.7 Å². The molecule has 0 unspecified atom stereocenters. The van der Waals surface area contributed by atoms with Gasteiger partial charge in [-0.15, -0.1) is 22.7 Å². The van der Waals surface area contributed by atoms with Crippen LogP contribution in [0.4, 0.5) is 0 Å².